The SMILES string of the molecule is Cc1ccc(CNC(=O)[C@@H]2CN(C(=O)c3cnc(Cc4ccccc4)s3)CC23CN(C(=O)[C@H]2CC2(C)C)C3)nn1. The van der Waals surface area contributed by atoms with E-state index >= 15 is 0 Å². The van der Waals surface area contributed by atoms with Crippen LogP contribution in [-0.2, 0) is 22.6 Å². The van der Waals surface area contributed by atoms with Crippen molar-refractivity contribution in [3.63, 3.8) is 0 Å². The van der Waals surface area contributed by atoms with E-state index in [1.54, 1.807) is 11.1 Å². The predicted octanol–water partition coefficient (Wildman–Crippen LogP) is 3.10. The van der Waals surface area contributed by atoms with Crippen LogP contribution in [0.5, 0.6) is 0 Å². The van der Waals surface area contributed by atoms with Gasteiger partial charge in [0.2, 0.25) is 11.8 Å². The molecular weight excluding hydrogens is 524 g/mol. The maximum Gasteiger partial charge on any atom is 0.265 e. The van der Waals surface area contributed by atoms with Crippen molar-refractivity contribution in [2.45, 2.75) is 40.2 Å². The number of hydrogen-bond acceptors (Lipinski definition) is 7. The summed E-state index contributed by atoms with van der Waals surface area (Å²) in [6, 6.07) is 13.8. The molecule has 3 fully saturated rings. The number of aryl methyl sites for hydroxylation is 1. The fourth-order valence-corrected chi connectivity index (χ4v) is 6.94. The topological polar surface area (TPSA) is 108 Å². The number of rotatable bonds is 7. The van der Waals surface area contributed by atoms with E-state index in [1.165, 1.54) is 11.3 Å². The average Bonchev–Trinajstić information content (AvgIpc) is 3.25. The van der Waals surface area contributed by atoms with E-state index < -0.39 is 11.3 Å². The van der Waals surface area contributed by atoms with Crippen LogP contribution in [0.25, 0.3) is 0 Å². The Kier molecular flexibility index (Phi) is 6.68. The lowest BCUT2D eigenvalue weighted by molar-refractivity contribution is -0.151. The molecule has 0 radical (unpaired) electrons. The zero-order chi connectivity index (χ0) is 28.1. The van der Waals surface area contributed by atoms with Crippen LogP contribution in [0.4, 0.5) is 0 Å². The van der Waals surface area contributed by atoms with Gasteiger partial charge in [0.05, 0.1) is 35.1 Å². The minimum absolute atomic E-state index is 0.0486. The highest BCUT2D eigenvalue weighted by Crippen LogP contribution is 2.54. The molecule has 3 aromatic rings. The van der Waals surface area contributed by atoms with Crippen molar-refractivity contribution in [1.82, 2.24) is 30.3 Å². The molecule has 4 heterocycles. The summed E-state index contributed by atoms with van der Waals surface area (Å²) in [5.74, 6) is -0.420. The van der Waals surface area contributed by atoms with Crippen LogP contribution in [0.15, 0.2) is 48.7 Å². The van der Waals surface area contributed by atoms with E-state index in [0.29, 0.717) is 43.2 Å². The number of thiazole rings is 1. The summed E-state index contributed by atoms with van der Waals surface area (Å²) in [5, 5.41) is 12.1. The molecule has 2 atom stereocenters. The summed E-state index contributed by atoms with van der Waals surface area (Å²) < 4.78 is 0. The van der Waals surface area contributed by atoms with Crippen LogP contribution in [0.2, 0.25) is 0 Å². The molecule has 1 aromatic carbocycles. The van der Waals surface area contributed by atoms with Gasteiger partial charge in [0.1, 0.15) is 4.88 Å². The van der Waals surface area contributed by atoms with Crippen molar-refractivity contribution in [2.24, 2.45) is 22.7 Å². The van der Waals surface area contributed by atoms with Gasteiger partial charge in [0.15, 0.2) is 0 Å². The second kappa shape index (κ2) is 10.1. The lowest BCUT2D eigenvalue weighted by atomic mass is 9.71. The van der Waals surface area contributed by atoms with E-state index in [0.717, 1.165) is 22.7 Å². The van der Waals surface area contributed by atoms with Crippen LogP contribution in [0.1, 0.15) is 51.9 Å². The molecule has 2 aromatic heterocycles. The summed E-state index contributed by atoms with van der Waals surface area (Å²) in [5.41, 5.74) is 2.23. The van der Waals surface area contributed by atoms with Crippen molar-refractivity contribution >= 4 is 29.1 Å². The zero-order valence-corrected chi connectivity index (χ0v) is 23.9. The first-order valence-corrected chi connectivity index (χ1v) is 14.6. The highest BCUT2D eigenvalue weighted by Gasteiger charge is 2.61. The zero-order valence-electron chi connectivity index (χ0n) is 23.1. The van der Waals surface area contributed by atoms with Crippen LogP contribution in [0, 0.1) is 29.6 Å². The Balaban J connectivity index is 1.16. The van der Waals surface area contributed by atoms with Gasteiger partial charge in [0.25, 0.3) is 5.91 Å². The Morgan fingerprint density at radius 1 is 1.00 bits per heavy atom. The van der Waals surface area contributed by atoms with Gasteiger partial charge in [0, 0.05) is 43.9 Å². The smallest absolute Gasteiger partial charge is 0.265 e. The third kappa shape index (κ3) is 5.12. The van der Waals surface area contributed by atoms with Crippen molar-refractivity contribution < 1.29 is 14.4 Å². The summed E-state index contributed by atoms with van der Waals surface area (Å²) in [4.78, 5) is 48.9. The van der Waals surface area contributed by atoms with Gasteiger partial charge < -0.3 is 15.1 Å². The molecule has 2 aliphatic heterocycles. The minimum Gasteiger partial charge on any atom is -0.350 e. The van der Waals surface area contributed by atoms with Gasteiger partial charge in [-0.1, -0.05) is 44.2 Å². The Labute approximate surface area is 238 Å². The molecule has 1 saturated carbocycles. The Morgan fingerprint density at radius 2 is 1.73 bits per heavy atom. The normalized spacial score (nSPS) is 22.2. The van der Waals surface area contributed by atoms with Crippen molar-refractivity contribution in [3.05, 3.63) is 75.5 Å². The second-order valence-electron chi connectivity index (χ2n) is 12.2. The molecule has 3 aliphatic rings. The van der Waals surface area contributed by atoms with Gasteiger partial charge in [-0.25, -0.2) is 4.98 Å². The lowest BCUT2D eigenvalue weighted by Crippen LogP contribution is -2.64. The predicted molar refractivity (Wildman–Crippen MR) is 150 cm³/mol. The molecule has 10 heteroatoms. The fraction of sp³-hybridized carbons (Fsp3) is 0.467. The fourth-order valence-electron chi connectivity index (χ4n) is 6.02. The van der Waals surface area contributed by atoms with E-state index in [4.69, 9.17) is 0 Å². The third-order valence-electron chi connectivity index (χ3n) is 8.65. The quantitative estimate of drug-likeness (QED) is 0.478. The Morgan fingerprint density at radius 3 is 2.40 bits per heavy atom. The van der Waals surface area contributed by atoms with Crippen molar-refractivity contribution in [2.75, 3.05) is 26.2 Å². The lowest BCUT2D eigenvalue weighted by Gasteiger charge is -2.50. The highest BCUT2D eigenvalue weighted by molar-refractivity contribution is 7.13. The number of nitrogens with zero attached hydrogens (tertiary/aromatic N) is 5. The molecule has 2 saturated heterocycles. The molecule has 1 spiro atoms. The first-order valence-electron chi connectivity index (χ1n) is 13.8. The number of carbonyl (C=O) groups is 3. The molecule has 3 amide bonds. The molecule has 0 bridgehead atoms. The van der Waals surface area contributed by atoms with Gasteiger partial charge in [-0.2, -0.15) is 10.2 Å². The molecule has 40 heavy (non-hydrogen) atoms. The number of amides is 3. The van der Waals surface area contributed by atoms with Crippen LogP contribution in [0.3, 0.4) is 0 Å². The van der Waals surface area contributed by atoms with E-state index in [9.17, 15) is 14.4 Å². The van der Waals surface area contributed by atoms with Crippen LogP contribution >= 0.6 is 11.3 Å². The number of aromatic nitrogens is 3. The monoisotopic (exact) mass is 558 g/mol. The van der Waals surface area contributed by atoms with Crippen LogP contribution < -0.4 is 5.32 Å². The molecule has 0 unspecified atom stereocenters. The summed E-state index contributed by atoms with van der Waals surface area (Å²) in [6.07, 6.45) is 3.22. The molecule has 6 rings (SSSR count). The van der Waals surface area contributed by atoms with E-state index in [-0.39, 0.29) is 35.6 Å². The first kappa shape index (κ1) is 26.6. The number of benzene rings is 1. The van der Waals surface area contributed by atoms with Crippen molar-refractivity contribution in [3.8, 4) is 0 Å². The molecular formula is C30H34N6O3S. The van der Waals surface area contributed by atoms with Gasteiger partial charge in [-0.05, 0) is 36.5 Å². The Hall–Kier alpha value is -3.66. The highest BCUT2D eigenvalue weighted by atomic mass is 32.1. The molecule has 1 aliphatic carbocycles. The summed E-state index contributed by atoms with van der Waals surface area (Å²) in [6.45, 7) is 8.11. The molecule has 1 N–H and O–H groups in total. The Bertz CT molecular complexity index is 1430. The number of likely N-dealkylation sites (tertiary alicyclic amines) is 2. The second-order valence-corrected chi connectivity index (χ2v) is 13.3. The van der Waals surface area contributed by atoms with Gasteiger partial charge >= 0.3 is 0 Å². The largest absolute Gasteiger partial charge is 0.350 e. The maximum absolute atomic E-state index is 13.6. The average molecular weight is 559 g/mol. The van der Waals surface area contributed by atoms with Gasteiger partial charge in [-0.15, -0.1) is 11.3 Å². The minimum atomic E-state index is -0.453. The standard InChI is InChI=1S/C30H34N6O3S/c1-19-9-10-21(34-33-19)13-32-26(37)23-15-35(16-30(23)17-36(18-30)27(38)22-12-29(22,2)3)28(39)24-14-31-25(40-24)11-20-7-5-4-6-8-20/h4-10,14,22-23H,11-13,15-18H2,1-3H3,(H,32,37)/t22-,23+/m1/s1. The van der Waals surface area contributed by atoms with Crippen LogP contribution in [-0.4, -0.2) is 68.9 Å². The number of nitrogens with one attached hydrogen (secondary N) is 1. The molecule has 208 valence electrons. The number of carbonyl (C=O) groups excluding carboxylic acids is 3. The van der Waals surface area contributed by atoms with E-state index in [2.05, 4.69) is 34.3 Å². The molecule has 9 nitrogen and oxygen atoms in total. The van der Waals surface area contributed by atoms with Gasteiger partial charge in [-0.3, -0.25) is 14.4 Å². The third-order valence-corrected chi connectivity index (χ3v) is 9.63. The van der Waals surface area contributed by atoms with E-state index in [1.807, 2.05) is 54.3 Å². The summed E-state index contributed by atoms with van der Waals surface area (Å²) in [7, 11) is 0. The first-order chi connectivity index (χ1) is 19.1. The summed E-state index contributed by atoms with van der Waals surface area (Å²) >= 11 is 1.40. The maximum atomic E-state index is 13.6. The number of hydrogen-bond donors (Lipinski definition) is 1. The van der Waals surface area contributed by atoms with Crippen molar-refractivity contribution in [1.29, 1.82) is 0 Å².